The molecule has 4 rings (SSSR count). The van der Waals surface area contributed by atoms with Gasteiger partial charge < -0.3 is 9.55 Å². The Hall–Kier alpha value is -1.96. The number of hydrogen-bond acceptors (Lipinski definition) is 1. The zero-order chi connectivity index (χ0) is 14.2. The number of aryl methyl sites for hydroxylation is 1. The minimum Gasteiger partial charge on any atom is -0.388 e. The third-order valence-electron chi connectivity index (χ3n) is 3.95. The minimum atomic E-state index is 0. The average molecular weight is 464 g/mol. The van der Waals surface area contributed by atoms with Crippen molar-refractivity contribution in [1.82, 2.24) is 9.55 Å². The molecule has 0 N–H and O–H groups in total. The molecule has 2 nitrogen and oxygen atoms in total. The first-order valence-electron chi connectivity index (χ1n) is 7.22. The van der Waals surface area contributed by atoms with Gasteiger partial charge in [-0.3, -0.25) is 0 Å². The number of aromatic nitrogens is 2. The normalized spacial score (nSPS) is 10.8. The molecule has 0 aliphatic heterocycles. The van der Waals surface area contributed by atoms with Crippen LogP contribution >= 0.6 is 0 Å². The third-order valence-corrected chi connectivity index (χ3v) is 3.95. The number of pyridine rings is 1. The molecule has 111 valence electrons. The molecule has 0 atom stereocenters. The molecule has 0 fully saturated rings. The van der Waals surface area contributed by atoms with Gasteiger partial charge in [0.25, 0.3) is 0 Å². The van der Waals surface area contributed by atoms with E-state index in [1.807, 2.05) is 18.3 Å². The van der Waals surface area contributed by atoms with Gasteiger partial charge in [0.05, 0.1) is 0 Å². The Balaban J connectivity index is 0.00000144. The van der Waals surface area contributed by atoms with Crippen molar-refractivity contribution < 1.29 is 20.1 Å². The van der Waals surface area contributed by atoms with Gasteiger partial charge >= 0.3 is 0 Å². The van der Waals surface area contributed by atoms with Crippen molar-refractivity contribution in [2.75, 3.05) is 0 Å². The second-order valence-electron chi connectivity index (χ2n) is 5.13. The summed E-state index contributed by atoms with van der Waals surface area (Å²) in [4.78, 5) is 4.53. The van der Waals surface area contributed by atoms with Gasteiger partial charge in [0.2, 0.25) is 0 Å². The van der Waals surface area contributed by atoms with Crippen LogP contribution in [0.1, 0.15) is 6.92 Å². The van der Waals surface area contributed by atoms with Crippen LogP contribution in [-0.4, -0.2) is 9.55 Å². The van der Waals surface area contributed by atoms with Gasteiger partial charge in [-0.25, -0.2) is 0 Å². The molecule has 3 heteroatoms. The molecule has 1 radical (unpaired) electrons. The molecule has 0 unspecified atom stereocenters. The fraction of sp³-hybridized carbons (Fsp3) is 0.105. The molecule has 4 aromatic rings. The summed E-state index contributed by atoms with van der Waals surface area (Å²) in [5.41, 5.74) is 5.83. The first kappa shape index (κ1) is 15.0. The van der Waals surface area contributed by atoms with Gasteiger partial charge in [-0.15, -0.1) is 18.2 Å². The monoisotopic (exact) mass is 464 g/mol. The van der Waals surface area contributed by atoms with Crippen molar-refractivity contribution in [3.8, 4) is 11.1 Å². The first-order chi connectivity index (χ1) is 10.4. The number of benzene rings is 2. The topological polar surface area (TPSA) is 17.8 Å². The quantitative estimate of drug-likeness (QED) is 0.395. The zero-order valence-electron chi connectivity index (χ0n) is 12.2. The van der Waals surface area contributed by atoms with E-state index in [-0.39, 0.29) is 20.1 Å². The molecule has 22 heavy (non-hydrogen) atoms. The van der Waals surface area contributed by atoms with Gasteiger partial charge in [0, 0.05) is 43.9 Å². The maximum Gasteiger partial charge on any atom is 0.0162 e. The van der Waals surface area contributed by atoms with Crippen LogP contribution in [0, 0.1) is 6.07 Å². The standard InChI is InChI=1S/C19H15N2.Ir/c1-2-21-17-9-6-12-20-19(17)16-11-10-15(13-18(16)21)14-7-4-3-5-8-14;/h3-10,12-13H,2H2,1H3;/q-1;. The molecule has 0 saturated carbocycles. The van der Waals surface area contributed by atoms with Crippen molar-refractivity contribution in [1.29, 1.82) is 0 Å². The van der Waals surface area contributed by atoms with E-state index in [0.29, 0.717) is 0 Å². The van der Waals surface area contributed by atoms with Crippen molar-refractivity contribution in [3.05, 3.63) is 66.9 Å². The molecule has 0 aliphatic carbocycles. The summed E-state index contributed by atoms with van der Waals surface area (Å²) in [6, 6.07) is 22.3. The Labute approximate surface area is 143 Å². The van der Waals surface area contributed by atoms with E-state index in [2.05, 4.69) is 65.0 Å². The maximum atomic E-state index is 4.53. The smallest absolute Gasteiger partial charge is 0.0162 e. The largest absolute Gasteiger partial charge is 0.388 e. The van der Waals surface area contributed by atoms with Crippen LogP contribution in [0.2, 0.25) is 0 Å². The van der Waals surface area contributed by atoms with Gasteiger partial charge in [0.15, 0.2) is 0 Å². The van der Waals surface area contributed by atoms with Crippen molar-refractivity contribution in [2.24, 2.45) is 0 Å². The zero-order valence-corrected chi connectivity index (χ0v) is 14.6. The third kappa shape index (κ3) is 2.27. The van der Waals surface area contributed by atoms with Crippen LogP contribution in [-0.2, 0) is 26.7 Å². The van der Waals surface area contributed by atoms with E-state index in [0.717, 1.165) is 17.4 Å². The Morgan fingerprint density at radius 3 is 2.59 bits per heavy atom. The molecule has 2 aromatic heterocycles. The van der Waals surface area contributed by atoms with E-state index < -0.39 is 0 Å². The van der Waals surface area contributed by atoms with E-state index in [1.165, 1.54) is 22.2 Å². The predicted molar refractivity (Wildman–Crippen MR) is 87.2 cm³/mol. The maximum absolute atomic E-state index is 4.53. The summed E-state index contributed by atoms with van der Waals surface area (Å²) in [5, 5.41) is 1.10. The summed E-state index contributed by atoms with van der Waals surface area (Å²) < 4.78 is 2.31. The minimum absolute atomic E-state index is 0. The van der Waals surface area contributed by atoms with Gasteiger partial charge in [-0.05, 0) is 24.6 Å². The van der Waals surface area contributed by atoms with Gasteiger partial charge in [0.1, 0.15) is 0 Å². The molecule has 0 bridgehead atoms. The van der Waals surface area contributed by atoms with Crippen LogP contribution in [0.5, 0.6) is 0 Å². The van der Waals surface area contributed by atoms with Crippen LogP contribution in [0.25, 0.3) is 33.1 Å². The van der Waals surface area contributed by atoms with E-state index in [1.54, 1.807) is 0 Å². The number of fused-ring (bicyclic) bond motifs is 3. The molecular weight excluding hydrogens is 448 g/mol. The van der Waals surface area contributed by atoms with Crippen LogP contribution in [0.4, 0.5) is 0 Å². The number of rotatable bonds is 2. The Bertz CT molecular complexity index is 926. The van der Waals surface area contributed by atoms with Crippen molar-refractivity contribution in [3.63, 3.8) is 0 Å². The Morgan fingerprint density at radius 1 is 1.00 bits per heavy atom. The molecule has 0 aliphatic rings. The van der Waals surface area contributed by atoms with Crippen LogP contribution in [0.15, 0.2) is 60.8 Å². The first-order valence-corrected chi connectivity index (χ1v) is 7.22. The van der Waals surface area contributed by atoms with Crippen molar-refractivity contribution in [2.45, 2.75) is 13.5 Å². The Kier molecular flexibility index (Phi) is 4.10. The molecule has 2 heterocycles. The fourth-order valence-electron chi connectivity index (χ4n) is 2.96. The molecule has 0 saturated heterocycles. The summed E-state index contributed by atoms with van der Waals surface area (Å²) in [6.07, 6.45) is 1.85. The second-order valence-corrected chi connectivity index (χ2v) is 5.13. The van der Waals surface area contributed by atoms with Crippen LogP contribution < -0.4 is 0 Å². The molecule has 2 aromatic carbocycles. The van der Waals surface area contributed by atoms with Crippen molar-refractivity contribution >= 4 is 21.9 Å². The van der Waals surface area contributed by atoms with E-state index in [4.69, 9.17) is 0 Å². The van der Waals surface area contributed by atoms with Crippen LogP contribution in [0.3, 0.4) is 0 Å². The molecule has 0 spiro atoms. The fourth-order valence-corrected chi connectivity index (χ4v) is 2.96. The van der Waals surface area contributed by atoms with E-state index >= 15 is 0 Å². The summed E-state index contributed by atoms with van der Waals surface area (Å²) >= 11 is 0. The summed E-state index contributed by atoms with van der Waals surface area (Å²) in [6.45, 7) is 3.10. The average Bonchev–Trinajstić information content (AvgIpc) is 2.88. The second kappa shape index (κ2) is 6.04. The summed E-state index contributed by atoms with van der Waals surface area (Å²) in [5.74, 6) is 0. The molecule has 0 amide bonds. The number of hydrogen-bond donors (Lipinski definition) is 0. The van der Waals surface area contributed by atoms with Gasteiger partial charge in [-0.1, -0.05) is 46.8 Å². The van der Waals surface area contributed by atoms with E-state index in [9.17, 15) is 0 Å². The molecular formula is C19H15IrN2-. The predicted octanol–water partition coefficient (Wildman–Crippen LogP) is 4.67. The van der Waals surface area contributed by atoms with Gasteiger partial charge in [-0.2, -0.15) is 0 Å². The number of nitrogens with zero attached hydrogens (tertiary/aromatic N) is 2. The summed E-state index contributed by atoms with van der Waals surface area (Å²) in [7, 11) is 0. The SMILES string of the molecule is CCn1c2cc(-c3ccccc3)c[c-]c2c2ncccc21.[Ir]. The Morgan fingerprint density at radius 2 is 1.82 bits per heavy atom.